The Morgan fingerprint density at radius 2 is 2.11 bits per heavy atom. The number of carboxylic acid groups (broad SMARTS) is 1. The summed E-state index contributed by atoms with van der Waals surface area (Å²) in [5.74, 6) is -1.23. The van der Waals surface area contributed by atoms with E-state index in [4.69, 9.17) is 10.2 Å². The summed E-state index contributed by atoms with van der Waals surface area (Å²) in [6.07, 6.45) is 4.20. The second-order valence-corrected chi connectivity index (χ2v) is 5.24. The number of rotatable bonds is 4. The second-order valence-electron chi connectivity index (χ2n) is 5.24. The quantitative estimate of drug-likeness (QED) is 0.544. The standard InChI is InChI=1S/C12H21N3O4/c16-7-10(11(17)18)14-12(19)13-8-3-5-15-4-1-2-9(15)6-8/h8-10,16H,1-7H2,(H,17,18)(H2,13,14,19)/t8?,9?,10-/m0/s1. The molecule has 2 amide bonds. The Hall–Kier alpha value is -1.34. The first kappa shape index (κ1) is 14.1. The molecule has 7 heteroatoms. The average Bonchev–Trinajstić information content (AvgIpc) is 2.82. The van der Waals surface area contributed by atoms with Crippen molar-refractivity contribution in [2.24, 2.45) is 0 Å². The normalized spacial score (nSPS) is 28.5. The molecule has 2 fully saturated rings. The Morgan fingerprint density at radius 3 is 2.79 bits per heavy atom. The zero-order valence-corrected chi connectivity index (χ0v) is 10.8. The molecule has 0 aliphatic carbocycles. The first-order valence-electron chi connectivity index (χ1n) is 6.75. The van der Waals surface area contributed by atoms with Gasteiger partial charge in [0.05, 0.1) is 6.61 Å². The predicted octanol–water partition coefficient (Wildman–Crippen LogP) is -0.642. The summed E-state index contributed by atoms with van der Waals surface area (Å²) < 4.78 is 0. The van der Waals surface area contributed by atoms with E-state index in [1.165, 1.54) is 12.8 Å². The molecule has 2 saturated heterocycles. The molecular formula is C12H21N3O4. The lowest BCUT2D eigenvalue weighted by Gasteiger charge is -2.35. The summed E-state index contributed by atoms with van der Waals surface area (Å²) >= 11 is 0. The van der Waals surface area contributed by atoms with Crippen LogP contribution in [-0.4, -0.2) is 64.9 Å². The third-order valence-corrected chi connectivity index (χ3v) is 3.94. The number of nitrogens with one attached hydrogen (secondary N) is 2. The highest BCUT2D eigenvalue weighted by Gasteiger charge is 2.32. The van der Waals surface area contributed by atoms with Crippen LogP contribution in [0.25, 0.3) is 0 Å². The Bertz CT molecular complexity index is 350. The van der Waals surface area contributed by atoms with Gasteiger partial charge >= 0.3 is 12.0 Å². The molecule has 7 nitrogen and oxygen atoms in total. The molecule has 0 saturated carbocycles. The highest BCUT2D eigenvalue weighted by molar-refractivity contribution is 5.82. The van der Waals surface area contributed by atoms with Crippen molar-refractivity contribution in [1.82, 2.24) is 15.5 Å². The van der Waals surface area contributed by atoms with Gasteiger partial charge in [-0.25, -0.2) is 9.59 Å². The van der Waals surface area contributed by atoms with Crippen molar-refractivity contribution in [1.29, 1.82) is 0 Å². The largest absolute Gasteiger partial charge is 0.480 e. The lowest BCUT2D eigenvalue weighted by Crippen LogP contribution is -2.53. The lowest BCUT2D eigenvalue weighted by atomic mass is 9.98. The Balaban J connectivity index is 1.77. The van der Waals surface area contributed by atoms with Crippen LogP contribution in [0.4, 0.5) is 4.79 Å². The first-order chi connectivity index (χ1) is 9.10. The van der Waals surface area contributed by atoms with E-state index >= 15 is 0 Å². The minimum Gasteiger partial charge on any atom is -0.480 e. The van der Waals surface area contributed by atoms with E-state index in [-0.39, 0.29) is 6.04 Å². The predicted molar refractivity (Wildman–Crippen MR) is 67.8 cm³/mol. The molecule has 0 aromatic heterocycles. The highest BCUT2D eigenvalue weighted by Crippen LogP contribution is 2.26. The number of hydrogen-bond donors (Lipinski definition) is 4. The van der Waals surface area contributed by atoms with Gasteiger partial charge in [0.2, 0.25) is 0 Å². The van der Waals surface area contributed by atoms with Crippen molar-refractivity contribution in [3.05, 3.63) is 0 Å². The molecule has 4 N–H and O–H groups in total. The third kappa shape index (κ3) is 3.57. The van der Waals surface area contributed by atoms with Gasteiger partial charge in [0.1, 0.15) is 0 Å². The summed E-state index contributed by atoms with van der Waals surface area (Å²) in [6, 6.07) is -1.12. The monoisotopic (exact) mass is 271 g/mol. The topological polar surface area (TPSA) is 102 Å². The van der Waals surface area contributed by atoms with Gasteiger partial charge in [-0.15, -0.1) is 0 Å². The number of amides is 2. The van der Waals surface area contributed by atoms with E-state index in [1.807, 2.05) is 0 Å². The number of carbonyl (C=O) groups is 2. The number of hydrogen-bond acceptors (Lipinski definition) is 4. The van der Waals surface area contributed by atoms with Crippen LogP contribution in [0.15, 0.2) is 0 Å². The molecule has 0 aromatic rings. The Labute approximate surface area is 112 Å². The van der Waals surface area contributed by atoms with Crippen molar-refractivity contribution in [2.45, 2.75) is 43.8 Å². The first-order valence-corrected chi connectivity index (χ1v) is 6.75. The van der Waals surface area contributed by atoms with E-state index in [0.29, 0.717) is 6.04 Å². The lowest BCUT2D eigenvalue weighted by molar-refractivity contribution is -0.140. The summed E-state index contributed by atoms with van der Waals surface area (Å²) in [6.45, 7) is 1.52. The van der Waals surface area contributed by atoms with E-state index in [2.05, 4.69) is 15.5 Å². The number of carboxylic acids is 1. The van der Waals surface area contributed by atoms with Crippen LogP contribution in [0.5, 0.6) is 0 Å². The summed E-state index contributed by atoms with van der Waals surface area (Å²) in [4.78, 5) is 24.8. The van der Waals surface area contributed by atoms with Crippen LogP contribution < -0.4 is 10.6 Å². The minimum absolute atomic E-state index is 0.0903. The Kier molecular flexibility index (Phi) is 4.60. The molecule has 0 radical (unpaired) electrons. The number of urea groups is 1. The van der Waals surface area contributed by atoms with Crippen molar-refractivity contribution in [3.63, 3.8) is 0 Å². The fraction of sp³-hybridized carbons (Fsp3) is 0.833. The number of aliphatic hydroxyl groups excluding tert-OH is 1. The van der Waals surface area contributed by atoms with Crippen molar-refractivity contribution < 1.29 is 19.8 Å². The van der Waals surface area contributed by atoms with Crippen molar-refractivity contribution in [2.75, 3.05) is 19.7 Å². The van der Waals surface area contributed by atoms with Crippen LogP contribution in [0.2, 0.25) is 0 Å². The molecule has 0 bridgehead atoms. The minimum atomic E-state index is -1.24. The number of nitrogens with zero attached hydrogens (tertiary/aromatic N) is 1. The summed E-state index contributed by atoms with van der Waals surface area (Å²) in [7, 11) is 0. The zero-order chi connectivity index (χ0) is 13.8. The van der Waals surface area contributed by atoms with Gasteiger partial charge in [0.15, 0.2) is 6.04 Å². The number of carbonyl (C=O) groups excluding carboxylic acids is 1. The molecule has 0 aromatic carbocycles. The SMILES string of the molecule is O=C(NC1CCN2CCCC2C1)N[C@@H](CO)C(=O)O. The van der Waals surface area contributed by atoms with Crippen LogP contribution in [0.1, 0.15) is 25.7 Å². The molecule has 0 spiro atoms. The van der Waals surface area contributed by atoms with Crippen molar-refractivity contribution in [3.8, 4) is 0 Å². The van der Waals surface area contributed by atoms with E-state index in [0.717, 1.165) is 25.9 Å². The van der Waals surface area contributed by atoms with E-state index < -0.39 is 24.6 Å². The van der Waals surface area contributed by atoms with E-state index in [9.17, 15) is 9.59 Å². The molecule has 108 valence electrons. The smallest absolute Gasteiger partial charge is 0.328 e. The molecule has 2 aliphatic heterocycles. The maximum Gasteiger partial charge on any atom is 0.328 e. The molecule has 2 rings (SSSR count). The average molecular weight is 271 g/mol. The third-order valence-electron chi connectivity index (χ3n) is 3.94. The zero-order valence-electron chi connectivity index (χ0n) is 10.8. The summed E-state index contributed by atoms with van der Waals surface area (Å²) in [5.41, 5.74) is 0. The number of aliphatic hydroxyl groups is 1. The van der Waals surface area contributed by atoms with Crippen LogP contribution in [0, 0.1) is 0 Å². The molecule has 2 unspecified atom stereocenters. The van der Waals surface area contributed by atoms with Gasteiger partial charge in [-0.2, -0.15) is 0 Å². The molecular weight excluding hydrogens is 250 g/mol. The number of fused-ring (bicyclic) bond motifs is 1. The van der Waals surface area contributed by atoms with Crippen LogP contribution in [0.3, 0.4) is 0 Å². The van der Waals surface area contributed by atoms with Gasteiger partial charge in [0.25, 0.3) is 0 Å². The Morgan fingerprint density at radius 1 is 1.32 bits per heavy atom. The van der Waals surface area contributed by atoms with E-state index in [1.54, 1.807) is 0 Å². The molecule has 2 heterocycles. The maximum absolute atomic E-state index is 11.7. The van der Waals surface area contributed by atoms with Gasteiger partial charge < -0.3 is 25.7 Å². The van der Waals surface area contributed by atoms with Crippen molar-refractivity contribution >= 4 is 12.0 Å². The van der Waals surface area contributed by atoms with Gasteiger partial charge in [-0.1, -0.05) is 0 Å². The van der Waals surface area contributed by atoms with Gasteiger partial charge in [-0.05, 0) is 32.2 Å². The van der Waals surface area contributed by atoms with Gasteiger partial charge in [0, 0.05) is 18.6 Å². The second kappa shape index (κ2) is 6.21. The molecule has 19 heavy (non-hydrogen) atoms. The summed E-state index contributed by atoms with van der Waals surface area (Å²) in [5, 5.41) is 22.6. The fourth-order valence-electron chi connectivity index (χ4n) is 2.93. The fourth-order valence-corrected chi connectivity index (χ4v) is 2.93. The van der Waals surface area contributed by atoms with Crippen LogP contribution in [-0.2, 0) is 4.79 Å². The number of aliphatic carboxylic acids is 1. The molecule has 3 atom stereocenters. The maximum atomic E-state index is 11.7. The van der Waals surface area contributed by atoms with Gasteiger partial charge in [-0.3, -0.25) is 0 Å². The number of piperidine rings is 1. The highest BCUT2D eigenvalue weighted by atomic mass is 16.4. The van der Waals surface area contributed by atoms with Crippen LogP contribution >= 0.6 is 0 Å². The molecule has 2 aliphatic rings.